The average molecular weight is 473 g/mol. The van der Waals surface area contributed by atoms with Crippen molar-refractivity contribution >= 4 is 63.2 Å². The van der Waals surface area contributed by atoms with Crippen molar-refractivity contribution in [3.05, 3.63) is 63.1 Å². The largest absolute Gasteiger partial charge is 0.412 e. The molecule has 3 nitrogen and oxygen atoms in total. The van der Waals surface area contributed by atoms with Gasteiger partial charge in [-0.1, -0.05) is 23.2 Å². The van der Waals surface area contributed by atoms with Gasteiger partial charge in [0.05, 0.1) is 6.42 Å². The predicted molar refractivity (Wildman–Crippen MR) is 105 cm³/mol. The first-order chi connectivity index (χ1) is 12.8. The first-order valence-electron chi connectivity index (χ1n) is 7.66. The van der Waals surface area contributed by atoms with Gasteiger partial charge in [-0.3, -0.25) is 9.59 Å². The van der Waals surface area contributed by atoms with Gasteiger partial charge in [0.2, 0.25) is 5.91 Å². The highest BCUT2D eigenvalue weighted by Crippen LogP contribution is 2.48. The van der Waals surface area contributed by atoms with Crippen LogP contribution in [0.2, 0.25) is 10.0 Å². The average Bonchev–Trinajstić information content (AvgIpc) is 2.52. The van der Waals surface area contributed by atoms with E-state index in [0.717, 1.165) is 12.1 Å². The Balaban J connectivity index is 2.31. The molecule has 0 aliphatic rings. The van der Waals surface area contributed by atoms with E-state index in [2.05, 4.69) is 5.32 Å². The van der Waals surface area contributed by atoms with Crippen molar-refractivity contribution in [2.45, 2.75) is 24.4 Å². The Bertz CT molecular complexity index is 913. The molecule has 0 fully saturated rings. The van der Waals surface area contributed by atoms with Crippen LogP contribution in [0.5, 0.6) is 0 Å². The molecule has 2 aromatic carbocycles. The van der Waals surface area contributed by atoms with Gasteiger partial charge in [0.15, 0.2) is 4.87 Å². The summed E-state index contributed by atoms with van der Waals surface area (Å²) in [7, 11) is 0. The first kappa shape index (κ1) is 22.8. The maximum atomic E-state index is 13.7. The molecule has 2 rings (SSSR count). The van der Waals surface area contributed by atoms with E-state index in [1.807, 2.05) is 0 Å². The molecule has 0 heterocycles. The summed E-state index contributed by atoms with van der Waals surface area (Å²) in [4.78, 5) is 20.5. The zero-order valence-corrected chi connectivity index (χ0v) is 17.2. The van der Waals surface area contributed by atoms with Crippen molar-refractivity contribution in [1.82, 2.24) is 0 Å². The maximum Gasteiger partial charge on any atom is 0.412 e. The third-order valence-corrected chi connectivity index (χ3v) is 5.10. The van der Waals surface area contributed by atoms with Crippen LogP contribution in [0.25, 0.3) is 0 Å². The molecule has 1 amide bonds. The third-order valence-electron chi connectivity index (χ3n) is 3.90. The molecule has 1 N–H and O–H groups in total. The molecule has 0 radical (unpaired) electrons. The molecule has 0 aromatic heterocycles. The number of hydrogen-bond donors (Lipinski definition) is 1. The van der Waals surface area contributed by atoms with Gasteiger partial charge in [-0.2, -0.15) is 13.2 Å². The summed E-state index contributed by atoms with van der Waals surface area (Å²) in [5.41, 5.74) is 0.408. The van der Waals surface area contributed by atoms with Crippen molar-refractivity contribution < 1.29 is 22.8 Å². The summed E-state index contributed by atoms with van der Waals surface area (Å²) < 4.78 is 41.1. The summed E-state index contributed by atoms with van der Waals surface area (Å²) in [6.45, 7) is 1.57. The summed E-state index contributed by atoms with van der Waals surface area (Å²) >= 11 is 22.8. The smallest absolute Gasteiger partial charge is 0.326 e. The summed E-state index contributed by atoms with van der Waals surface area (Å²) in [5.74, 6) is -0.993. The molecular formula is C18H12Cl4F3NO2. The van der Waals surface area contributed by atoms with Crippen molar-refractivity contribution in [2.75, 3.05) is 5.32 Å². The van der Waals surface area contributed by atoms with Crippen LogP contribution in [-0.2, 0) is 9.67 Å². The molecule has 10 heteroatoms. The van der Waals surface area contributed by atoms with Gasteiger partial charge in [0.25, 0.3) is 5.24 Å². The van der Waals surface area contributed by atoms with Gasteiger partial charge in [-0.25, -0.2) is 0 Å². The second-order valence-electron chi connectivity index (χ2n) is 5.99. The molecule has 0 aliphatic heterocycles. The lowest BCUT2D eigenvalue weighted by Gasteiger charge is -2.30. The Morgan fingerprint density at radius 3 is 2.07 bits per heavy atom. The highest BCUT2D eigenvalue weighted by atomic mass is 35.5. The number of halogens is 7. The molecule has 0 spiro atoms. The van der Waals surface area contributed by atoms with E-state index < -0.39 is 34.2 Å². The molecule has 0 bridgehead atoms. The van der Waals surface area contributed by atoms with Gasteiger partial charge in [0.1, 0.15) is 0 Å². The zero-order chi connectivity index (χ0) is 21.3. The van der Waals surface area contributed by atoms with E-state index in [0.29, 0.717) is 5.56 Å². The normalized spacial score (nSPS) is 13.7. The monoisotopic (exact) mass is 471 g/mol. The highest BCUT2D eigenvalue weighted by molar-refractivity contribution is 6.67. The van der Waals surface area contributed by atoms with E-state index in [-0.39, 0.29) is 21.3 Å². The fraction of sp³-hybridized carbons (Fsp3) is 0.222. The van der Waals surface area contributed by atoms with Gasteiger partial charge in [0, 0.05) is 21.3 Å². The second-order valence-corrected chi connectivity index (χ2v) is 7.85. The van der Waals surface area contributed by atoms with E-state index >= 15 is 0 Å². The molecule has 0 aliphatic carbocycles. The molecule has 1 unspecified atom stereocenters. The van der Waals surface area contributed by atoms with Crippen molar-refractivity contribution in [2.24, 2.45) is 0 Å². The molecule has 1 atom stereocenters. The third kappa shape index (κ3) is 5.11. The van der Waals surface area contributed by atoms with Crippen molar-refractivity contribution in [3.63, 3.8) is 0 Å². The van der Waals surface area contributed by atoms with Crippen LogP contribution in [-0.4, -0.2) is 17.3 Å². The van der Waals surface area contributed by atoms with E-state index in [1.54, 1.807) is 6.92 Å². The first-order valence-corrected chi connectivity index (χ1v) is 9.17. The maximum absolute atomic E-state index is 13.7. The van der Waals surface area contributed by atoms with Gasteiger partial charge >= 0.3 is 6.18 Å². The minimum atomic E-state index is -4.97. The number of amides is 1. The van der Waals surface area contributed by atoms with Crippen LogP contribution >= 0.6 is 46.4 Å². The Kier molecular flexibility index (Phi) is 6.92. The van der Waals surface area contributed by atoms with Gasteiger partial charge < -0.3 is 5.32 Å². The highest BCUT2D eigenvalue weighted by Gasteiger charge is 2.56. The van der Waals surface area contributed by atoms with Crippen molar-refractivity contribution in [3.8, 4) is 0 Å². The number of rotatable bonds is 5. The Labute approximate surface area is 178 Å². The van der Waals surface area contributed by atoms with Gasteiger partial charge in [-0.15, -0.1) is 11.6 Å². The number of hydrogen-bond acceptors (Lipinski definition) is 2. The van der Waals surface area contributed by atoms with Crippen LogP contribution < -0.4 is 5.32 Å². The number of nitrogens with one attached hydrogen (secondary N) is 1. The number of carbonyl (C=O) groups excluding carboxylic acids is 2. The lowest BCUT2D eigenvalue weighted by molar-refractivity contribution is -0.169. The Hall–Kier alpha value is -1.47. The van der Waals surface area contributed by atoms with Crippen LogP contribution in [0.4, 0.5) is 18.9 Å². The number of benzene rings is 2. The molecule has 28 heavy (non-hydrogen) atoms. The van der Waals surface area contributed by atoms with E-state index in [9.17, 15) is 22.8 Å². The summed E-state index contributed by atoms with van der Waals surface area (Å²) in [6.07, 6.45) is -6.09. The van der Waals surface area contributed by atoms with Crippen LogP contribution in [0.15, 0.2) is 36.4 Å². The lowest BCUT2D eigenvalue weighted by Crippen LogP contribution is -2.40. The quantitative estimate of drug-likeness (QED) is 0.388. The molecule has 0 saturated carbocycles. The zero-order valence-electron chi connectivity index (χ0n) is 14.1. The number of aryl methyl sites for hydroxylation is 1. The standard InChI is InChI=1S/C18H12Cl4F3NO2/c1-9-4-13(2-3-14(9)16(21)28)26-15(27)8-17(22,18(23,24)25)10-5-11(19)7-12(20)6-10/h2-7H,8H2,1H3,(H,26,27). The number of carbonyl (C=O) groups is 2. The second kappa shape index (κ2) is 8.49. The Morgan fingerprint density at radius 2 is 1.61 bits per heavy atom. The predicted octanol–water partition coefficient (Wildman–Crippen LogP) is 6.71. The molecule has 150 valence electrons. The molecule has 2 aromatic rings. The van der Waals surface area contributed by atoms with E-state index in [4.69, 9.17) is 46.4 Å². The van der Waals surface area contributed by atoms with Crippen LogP contribution in [0.1, 0.15) is 27.9 Å². The molecule has 0 saturated heterocycles. The van der Waals surface area contributed by atoms with Crippen molar-refractivity contribution in [1.29, 1.82) is 0 Å². The fourth-order valence-electron chi connectivity index (χ4n) is 2.54. The SMILES string of the molecule is Cc1cc(NC(=O)CC(Cl)(c2cc(Cl)cc(Cl)c2)C(F)(F)F)ccc1C(=O)Cl. The van der Waals surface area contributed by atoms with E-state index in [1.165, 1.54) is 24.3 Å². The van der Waals surface area contributed by atoms with Gasteiger partial charge in [-0.05, 0) is 66.0 Å². The number of alkyl halides is 4. The van der Waals surface area contributed by atoms with Crippen LogP contribution in [0.3, 0.4) is 0 Å². The minimum Gasteiger partial charge on any atom is -0.326 e. The minimum absolute atomic E-state index is 0.0471. The Morgan fingerprint density at radius 1 is 1.04 bits per heavy atom. The summed E-state index contributed by atoms with van der Waals surface area (Å²) in [5, 5.41) is 1.55. The number of anilines is 1. The fourth-order valence-corrected chi connectivity index (χ4v) is 3.51. The summed E-state index contributed by atoms with van der Waals surface area (Å²) in [6, 6.07) is 7.38. The molecular weight excluding hydrogens is 461 g/mol. The topological polar surface area (TPSA) is 46.2 Å². The lowest BCUT2D eigenvalue weighted by atomic mass is 9.93. The van der Waals surface area contributed by atoms with Crippen LogP contribution in [0, 0.1) is 6.92 Å².